The van der Waals surface area contributed by atoms with E-state index in [1.807, 2.05) is 44.2 Å². The average Bonchev–Trinajstić information content (AvgIpc) is 2.33. The second-order valence-corrected chi connectivity index (χ2v) is 5.08. The van der Waals surface area contributed by atoms with Crippen molar-refractivity contribution >= 4 is 5.78 Å². The Morgan fingerprint density at radius 3 is 2.59 bits per heavy atom. The summed E-state index contributed by atoms with van der Waals surface area (Å²) in [6, 6.07) is 9.72. The Morgan fingerprint density at radius 1 is 1.35 bits per heavy atom. The topological polar surface area (TPSA) is 46.5 Å². The Labute approximate surface area is 101 Å². The first-order valence-electron chi connectivity index (χ1n) is 5.90. The number of rotatable bonds is 2. The zero-order chi connectivity index (χ0) is 12.5. The van der Waals surface area contributed by atoms with Crippen LogP contribution in [0.15, 0.2) is 30.3 Å². The molecule has 0 bridgehead atoms. The minimum Gasteiger partial charge on any atom is -0.394 e. The number of ether oxygens (including phenoxy) is 1. The van der Waals surface area contributed by atoms with E-state index >= 15 is 0 Å². The van der Waals surface area contributed by atoms with Crippen LogP contribution in [0.3, 0.4) is 0 Å². The molecule has 0 saturated carbocycles. The highest BCUT2D eigenvalue weighted by molar-refractivity contribution is 5.86. The Bertz CT molecular complexity index is 397. The quantitative estimate of drug-likeness (QED) is 0.852. The standard InChI is InChI=1S/C14H18O3/c1-14(2)12(16)8-11(9-15)17-13(14)10-6-4-3-5-7-10/h3-7,11,13,15H,8-9H2,1-2H3. The highest BCUT2D eigenvalue weighted by atomic mass is 16.5. The molecule has 1 aliphatic heterocycles. The van der Waals surface area contributed by atoms with Crippen LogP contribution in [0.4, 0.5) is 0 Å². The number of hydrogen-bond acceptors (Lipinski definition) is 3. The highest BCUT2D eigenvalue weighted by Gasteiger charge is 2.44. The lowest BCUT2D eigenvalue weighted by Gasteiger charge is -2.40. The van der Waals surface area contributed by atoms with Gasteiger partial charge in [-0.3, -0.25) is 4.79 Å². The van der Waals surface area contributed by atoms with Gasteiger partial charge in [-0.1, -0.05) is 44.2 Å². The van der Waals surface area contributed by atoms with Gasteiger partial charge in [0.05, 0.1) is 24.2 Å². The summed E-state index contributed by atoms with van der Waals surface area (Å²) in [5.41, 5.74) is 0.455. The molecule has 3 heteroatoms. The SMILES string of the molecule is CC1(C)C(=O)CC(CO)OC1c1ccccc1. The molecule has 1 saturated heterocycles. The normalized spacial score (nSPS) is 28.1. The number of benzene rings is 1. The van der Waals surface area contributed by atoms with Crippen LogP contribution in [0.2, 0.25) is 0 Å². The van der Waals surface area contributed by atoms with Crippen LogP contribution in [0, 0.1) is 5.41 Å². The maximum Gasteiger partial charge on any atom is 0.144 e. The van der Waals surface area contributed by atoms with Gasteiger partial charge in [0.2, 0.25) is 0 Å². The van der Waals surface area contributed by atoms with Gasteiger partial charge in [-0.15, -0.1) is 0 Å². The van der Waals surface area contributed by atoms with Gasteiger partial charge in [0.1, 0.15) is 5.78 Å². The fraction of sp³-hybridized carbons (Fsp3) is 0.500. The van der Waals surface area contributed by atoms with Crippen molar-refractivity contribution in [3.8, 4) is 0 Å². The van der Waals surface area contributed by atoms with E-state index in [9.17, 15) is 4.79 Å². The van der Waals surface area contributed by atoms with E-state index in [1.54, 1.807) is 0 Å². The van der Waals surface area contributed by atoms with Crippen LogP contribution in [0.25, 0.3) is 0 Å². The predicted molar refractivity (Wildman–Crippen MR) is 64.5 cm³/mol. The van der Waals surface area contributed by atoms with E-state index in [-0.39, 0.29) is 24.6 Å². The van der Waals surface area contributed by atoms with E-state index in [2.05, 4.69) is 0 Å². The van der Waals surface area contributed by atoms with Crippen molar-refractivity contribution in [2.24, 2.45) is 5.41 Å². The van der Waals surface area contributed by atoms with Gasteiger partial charge in [-0.2, -0.15) is 0 Å². The van der Waals surface area contributed by atoms with Crippen molar-refractivity contribution in [3.05, 3.63) is 35.9 Å². The van der Waals surface area contributed by atoms with Gasteiger partial charge in [-0.25, -0.2) is 0 Å². The molecule has 1 N–H and O–H groups in total. The average molecular weight is 234 g/mol. The molecule has 0 amide bonds. The van der Waals surface area contributed by atoms with Gasteiger partial charge in [0.25, 0.3) is 0 Å². The maximum atomic E-state index is 12.1. The number of ketones is 1. The molecule has 1 heterocycles. The van der Waals surface area contributed by atoms with Crippen LogP contribution < -0.4 is 0 Å². The Morgan fingerprint density at radius 2 is 2.00 bits per heavy atom. The molecule has 2 unspecified atom stereocenters. The third kappa shape index (κ3) is 2.26. The molecule has 0 aromatic heterocycles. The van der Waals surface area contributed by atoms with Gasteiger partial charge < -0.3 is 9.84 Å². The third-order valence-electron chi connectivity index (χ3n) is 3.42. The summed E-state index contributed by atoms with van der Waals surface area (Å²) in [5.74, 6) is 0.150. The van der Waals surface area contributed by atoms with Crippen LogP contribution in [0.5, 0.6) is 0 Å². The number of aliphatic hydroxyl groups excluding tert-OH is 1. The molecule has 0 aliphatic carbocycles. The lowest BCUT2D eigenvalue weighted by molar-refractivity contribution is -0.164. The van der Waals surface area contributed by atoms with Crippen molar-refractivity contribution in [3.63, 3.8) is 0 Å². The van der Waals surface area contributed by atoms with Gasteiger partial charge >= 0.3 is 0 Å². The van der Waals surface area contributed by atoms with Crippen LogP contribution in [-0.2, 0) is 9.53 Å². The lowest BCUT2D eigenvalue weighted by atomic mass is 9.75. The molecule has 0 radical (unpaired) electrons. The van der Waals surface area contributed by atoms with Crippen LogP contribution >= 0.6 is 0 Å². The van der Waals surface area contributed by atoms with Crippen molar-refractivity contribution in [1.82, 2.24) is 0 Å². The van der Waals surface area contributed by atoms with Crippen molar-refractivity contribution in [1.29, 1.82) is 0 Å². The molecule has 1 fully saturated rings. The second-order valence-electron chi connectivity index (χ2n) is 5.08. The molecule has 3 nitrogen and oxygen atoms in total. The first-order chi connectivity index (χ1) is 8.05. The first kappa shape index (κ1) is 12.3. The van der Waals surface area contributed by atoms with Crippen LogP contribution in [-0.4, -0.2) is 23.6 Å². The van der Waals surface area contributed by atoms with E-state index in [0.29, 0.717) is 6.42 Å². The molecule has 1 aromatic carbocycles. The molecule has 17 heavy (non-hydrogen) atoms. The summed E-state index contributed by atoms with van der Waals surface area (Å²) in [4.78, 5) is 12.1. The minimum absolute atomic E-state index is 0.106. The van der Waals surface area contributed by atoms with Crippen molar-refractivity contribution in [2.75, 3.05) is 6.61 Å². The zero-order valence-electron chi connectivity index (χ0n) is 10.2. The molecule has 1 aliphatic rings. The summed E-state index contributed by atoms with van der Waals surface area (Å²) in [5, 5.41) is 9.17. The highest BCUT2D eigenvalue weighted by Crippen LogP contribution is 2.43. The smallest absolute Gasteiger partial charge is 0.144 e. The number of hydrogen-bond donors (Lipinski definition) is 1. The monoisotopic (exact) mass is 234 g/mol. The van der Waals surface area contributed by atoms with E-state index in [0.717, 1.165) is 5.56 Å². The Balaban J connectivity index is 2.32. The predicted octanol–water partition coefficient (Wildman–Crippen LogP) is 2.10. The molecular formula is C14H18O3. The molecule has 2 rings (SSSR count). The van der Waals surface area contributed by atoms with E-state index in [1.165, 1.54) is 0 Å². The number of carbonyl (C=O) groups is 1. The zero-order valence-corrected chi connectivity index (χ0v) is 10.2. The summed E-state index contributed by atoms with van der Waals surface area (Å²) >= 11 is 0. The maximum absolute atomic E-state index is 12.1. The summed E-state index contributed by atoms with van der Waals surface area (Å²) < 4.78 is 5.84. The van der Waals surface area contributed by atoms with E-state index in [4.69, 9.17) is 9.84 Å². The van der Waals surface area contributed by atoms with Gasteiger partial charge in [-0.05, 0) is 5.56 Å². The summed E-state index contributed by atoms with van der Waals surface area (Å²) in [6.07, 6.45) is -0.352. The van der Waals surface area contributed by atoms with Crippen LogP contribution in [0.1, 0.15) is 31.9 Å². The van der Waals surface area contributed by atoms with Gasteiger partial charge in [0.15, 0.2) is 0 Å². The lowest BCUT2D eigenvalue weighted by Crippen LogP contribution is -2.43. The first-order valence-corrected chi connectivity index (χ1v) is 5.90. The Hall–Kier alpha value is -1.19. The molecular weight excluding hydrogens is 216 g/mol. The second kappa shape index (κ2) is 4.59. The van der Waals surface area contributed by atoms with Crippen molar-refractivity contribution < 1.29 is 14.6 Å². The number of aliphatic hydroxyl groups is 1. The summed E-state index contributed by atoms with van der Waals surface area (Å²) in [6.45, 7) is 3.70. The van der Waals surface area contributed by atoms with E-state index < -0.39 is 5.41 Å². The third-order valence-corrected chi connectivity index (χ3v) is 3.42. The fourth-order valence-electron chi connectivity index (χ4n) is 2.26. The number of carbonyl (C=O) groups excluding carboxylic acids is 1. The van der Waals surface area contributed by atoms with Gasteiger partial charge in [0, 0.05) is 6.42 Å². The Kier molecular flexibility index (Phi) is 3.31. The molecule has 0 spiro atoms. The molecule has 2 atom stereocenters. The van der Waals surface area contributed by atoms with Crippen molar-refractivity contribution in [2.45, 2.75) is 32.5 Å². The fourth-order valence-corrected chi connectivity index (χ4v) is 2.26. The largest absolute Gasteiger partial charge is 0.394 e. The molecule has 92 valence electrons. The number of Topliss-reactive ketones (excluding diaryl/α,β-unsaturated/α-hetero) is 1. The minimum atomic E-state index is -0.535. The molecule has 1 aromatic rings. The summed E-state index contributed by atoms with van der Waals surface area (Å²) in [7, 11) is 0.